The predicted molar refractivity (Wildman–Crippen MR) is 88.6 cm³/mol. The van der Waals surface area contributed by atoms with Crippen molar-refractivity contribution in [1.29, 1.82) is 0 Å². The topological polar surface area (TPSA) is 34.1 Å². The van der Waals surface area contributed by atoms with Crippen molar-refractivity contribution in [2.45, 2.75) is 11.8 Å². The lowest BCUT2D eigenvalue weighted by Crippen LogP contribution is -2.09. The molecule has 106 valence electrons. The van der Waals surface area contributed by atoms with Crippen LogP contribution in [0.15, 0.2) is 59.5 Å². The summed E-state index contributed by atoms with van der Waals surface area (Å²) in [5, 5.41) is 2.15. The molecule has 1 aromatic heterocycles. The lowest BCUT2D eigenvalue weighted by atomic mass is 10.1. The first-order valence-corrected chi connectivity index (χ1v) is 8.74. The van der Waals surface area contributed by atoms with Crippen LogP contribution in [0.3, 0.4) is 0 Å². The van der Waals surface area contributed by atoms with E-state index in [0.717, 1.165) is 15.6 Å². The fraction of sp³-hybridized carbons (Fsp3) is 0.118. The Balaban J connectivity index is 1.82. The van der Waals surface area contributed by atoms with Gasteiger partial charge in [0, 0.05) is 9.77 Å². The Kier molecular flexibility index (Phi) is 3.99. The quantitative estimate of drug-likeness (QED) is 0.676. The summed E-state index contributed by atoms with van der Waals surface area (Å²) in [6.45, 7) is 1.96. The first kappa shape index (κ1) is 14.2. The van der Waals surface area contributed by atoms with Crippen molar-refractivity contribution in [2.24, 2.45) is 0 Å². The lowest BCUT2D eigenvalue weighted by Gasteiger charge is -2.03. The molecule has 2 aromatic carbocycles. The number of benzene rings is 2. The Labute approximate surface area is 129 Å². The van der Waals surface area contributed by atoms with E-state index in [9.17, 15) is 9.00 Å². The van der Waals surface area contributed by atoms with Crippen LogP contribution >= 0.6 is 11.3 Å². The molecule has 0 radical (unpaired) electrons. The van der Waals surface area contributed by atoms with Gasteiger partial charge in [0.05, 0.1) is 21.4 Å². The monoisotopic (exact) mass is 314 g/mol. The van der Waals surface area contributed by atoms with Gasteiger partial charge in [-0.05, 0) is 42.0 Å². The first-order valence-electron chi connectivity index (χ1n) is 6.60. The van der Waals surface area contributed by atoms with E-state index in [1.165, 1.54) is 11.3 Å². The molecule has 0 fully saturated rings. The number of hydrogen-bond acceptors (Lipinski definition) is 3. The molecule has 2 nitrogen and oxygen atoms in total. The summed E-state index contributed by atoms with van der Waals surface area (Å²) in [6, 6.07) is 17.3. The van der Waals surface area contributed by atoms with Gasteiger partial charge in [0.2, 0.25) is 0 Å². The molecular formula is C17H14O2S2. The number of fused-ring (bicyclic) bond motifs is 1. The van der Waals surface area contributed by atoms with Crippen molar-refractivity contribution in [1.82, 2.24) is 0 Å². The Hall–Kier alpha value is -1.78. The number of rotatable bonds is 4. The zero-order chi connectivity index (χ0) is 14.8. The van der Waals surface area contributed by atoms with Gasteiger partial charge in [-0.25, -0.2) is 0 Å². The van der Waals surface area contributed by atoms with Gasteiger partial charge < -0.3 is 0 Å². The number of carbonyl (C=O) groups is 1. The minimum Gasteiger partial charge on any atom is -0.292 e. The second-order valence-electron chi connectivity index (χ2n) is 4.83. The maximum atomic E-state index is 12.4. The molecule has 3 aromatic rings. The Bertz CT molecular complexity index is 833. The predicted octanol–water partition coefficient (Wildman–Crippen LogP) is 4.20. The van der Waals surface area contributed by atoms with Gasteiger partial charge in [-0.1, -0.05) is 30.3 Å². The van der Waals surface area contributed by atoms with E-state index in [-0.39, 0.29) is 11.5 Å². The molecular weight excluding hydrogens is 300 g/mol. The summed E-state index contributed by atoms with van der Waals surface area (Å²) in [5.74, 6) is -0.0160. The second-order valence-corrected chi connectivity index (χ2v) is 7.57. The van der Waals surface area contributed by atoms with E-state index in [1.807, 2.05) is 55.5 Å². The first-order chi connectivity index (χ1) is 10.1. The average molecular weight is 314 g/mol. The standard InChI is InChI=1S/C17H14O2S2/c1-12-6-9-17(20-12)16(18)11-21(19)15-8-7-13-4-2-3-5-14(13)10-15/h2-10H,11H2,1H3. The third-order valence-corrected chi connectivity index (χ3v) is 5.61. The maximum Gasteiger partial charge on any atom is 0.185 e. The minimum absolute atomic E-state index is 0.0400. The average Bonchev–Trinajstić information content (AvgIpc) is 2.93. The van der Waals surface area contributed by atoms with Crippen molar-refractivity contribution in [2.75, 3.05) is 5.75 Å². The van der Waals surface area contributed by atoms with E-state index in [2.05, 4.69) is 0 Å². The van der Waals surface area contributed by atoms with E-state index in [1.54, 1.807) is 6.07 Å². The molecule has 0 N–H and O–H groups in total. The van der Waals surface area contributed by atoms with Gasteiger partial charge in [-0.2, -0.15) is 0 Å². The number of Topliss-reactive ketones (excluding diaryl/α,β-unsaturated/α-hetero) is 1. The third-order valence-electron chi connectivity index (χ3n) is 3.26. The van der Waals surface area contributed by atoms with Crippen LogP contribution in [0.5, 0.6) is 0 Å². The van der Waals surface area contributed by atoms with Crippen LogP contribution in [-0.4, -0.2) is 15.7 Å². The highest BCUT2D eigenvalue weighted by atomic mass is 32.2. The normalized spacial score (nSPS) is 12.4. The smallest absolute Gasteiger partial charge is 0.185 e. The molecule has 0 saturated heterocycles. The summed E-state index contributed by atoms with van der Waals surface area (Å²) in [4.78, 5) is 14.6. The molecule has 0 saturated carbocycles. The van der Waals surface area contributed by atoms with Crippen molar-refractivity contribution in [3.63, 3.8) is 0 Å². The summed E-state index contributed by atoms with van der Waals surface area (Å²) in [6.07, 6.45) is 0. The van der Waals surface area contributed by atoms with Crippen LogP contribution in [0, 0.1) is 6.92 Å². The highest BCUT2D eigenvalue weighted by Crippen LogP contribution is 2.20. The van der Waals surface area contributed by atoms with E-state index in [4.69, 9.17) is 0 Å². The molecule has 0 aliphatic heterocycles. The van der Waals surface area contributed by atoms with Gasteiger partial charge >= 0.3 is 0 Å². The van der Waals surface area contributed by atoms with E-state index < -0.39 is 10.8 Å². The molecule has 1 heterocycles. The highest BCUT2D eigenvalue weighted by molar-refractivity contribution is 7.85. The molecule has 0 amide bonds. The van der Waals surface area contributed by atoms with Gasteiger partial charge in [0.1, 0.15) is 0 Å². The zero-order valence-electron chi connectivity index (χ0n) is 11.5. The maximum absolute atomic E-state index is 12.4. The molecule has 0 bridgehead atoms. The molecule has 3 rings (SSSR count). The van der Waals surface area contributed by atoms with Gasteiger partial charge in [0.25, 0.3) is 0 Å². The number of hydrogen-bond donors (Lipinski definition) is 0. The largest absolute Gasteiger partial charge is 0.292 e. The van der Waals surface area contributed by atoms with Crippen LogP contribution < -0.4 is 0 Å². The molecule has 0 spiro atoms. The fourth-order valence-electron chi connectivity index (χ4n) is 2.17. The highest BCUT2D eigenvalue weighted by Gasteiger charge is 2.14. The molecule has 21 heavy (non-hydrogen) atoms. The minimum atomic E-state index is -1.30. The Morgan fingerprint density at radius 3 is 2.52 bits per heavy atom. The van der Waals surface area contributed by atoms with Crippen LogP contribution in [0.4, 0.5) is 0 Å². The van der Waals surface area contributed by atoms with Crippen LogP contribution in [0.2, 0.25) is 0 Å². The van der Waals surface area contributed by atoms with Crippen LogP contribution in [0.1, 0.15) is 14.5 Å². The molecule has 4 heteroatoms. The Morgan fingerprint density at radius 2 is 1.81 bits per heavy atom. The molecule has 1 atom stereocenters. The lowest BCUT2D eigenvalue weighted by molar-refractivity contribution is 0.102. The summed E-state index contributed by atoms with van der Waals surface area (Å²) >= 11 is 1.45. The zero-order valence-corrected chi connectivity index (χ0v) is 13.2. The number of carbonyl (C=O) groups excluding carboxylic acids is 1. The van der Waals surface area contributed by atoms with Gasteiger partial charge in [-0.15, -0.1) is 11.3 Å². The number of aryl methyl sites for hydroxylation is 1. The molecule has 1 unspecified atom stereocenters. The van der Waals surface area contributed by atoms with Gasteiger partial charge in [-0.3, -0.25) is 9.00 Å². The van der Waals surface area contributed by atoms with Crippen molar-refractivity contribution >= 4 is 38.7 Å². The summed E-state index contributed by atoms with van der Waals surface area (Å²) in [5.41, 5.74) is 0. The van der Waals surface area contributed by atoms with Crippen molar-refractivity contribution in [3.05, 3.63) is 64.4 Å². The van der Waals surface area contributed by atoms with Crippen LogP contribution in [-0.2, 0) is 10.8 Å². The third kappa shape index (κ3) is 3.12. The summed E-state index contributed by atoms with van der Waals surface area (Å²) in [7, 11) is -1.30. The number of thiophene rings is 1. The van der Waals surface area contributed by atoms with Crippen molar-refractivity contribution < 1.29 is 9.00 Å². The Morgan fingerprint density at radius 1 is 1.05 bits per heavy atom. The molecule has 0 aliphatic carbocycles. The summed E-state index contributed by atoms with van der Waals surface area (Å²) < 4.78 is 12.4. The van der Waals surface area contributed by atoms with Crippen molar-refractivity contribution in [3.8, 4) is 0 Å². The SMILES string of the molecule is Cc1ccc(C(=O)CS(=O)c2ccc3ccccc3c2)s1. The van der Waals surface area contributed by atoms with E-state index >= 15 is 0 Å². The van der Waals surface area contributed by atoms with Crippen LogP contribution in [0.25, 0.3) is 10.8 Å². The fourth-order valence-corrected chi connectivity index (χ4v) is 4.10. The second kappa shape index (κ2) is 5.92. The van der Waals surface area contributed by atoms with E-state index in [0.29, 0.717) is 9.77 Å². The molecule has 0 aliphatic rings. The van der Waals surface area contributed by atoms with Gasteiger partial charge in [0.15, 0.2) is 5.78 Å². The number of ketones is 1.